The summed E-state index contributed by atoms with van der Waals surface area (Å²) >= 11 is 0. The highest BCUT2D eigenvalue weighted by Gasteiger charge is 2.32. The fourth-order valence-electron chi connectivity index (χ4n) is 2.59. The van der Waals surface area contributed by atoms with Crippen molar-refractivity contribution < 1.29 is 18.0 Å². The van der Waals surface area contributed by atoms with E-state index in [1.807, 2.05) is 0 Å². The molecule has 0 aliphatic rings. The number of fused-ring (bicyclic) bond motifs is 1. The first-order valence-electron chi connectivity index (χ1n) is 7.32. The summed E-state index contributed by atoms with van der Waals surface area (Å²) in [7, 11) is 0. The number of halogens is 3. The number of amides is 1. The zero-order chi connectivity index (χ0) is 17.5. The number of aromatic nitrogens is 1. The van der Waals surface area contributed by atoms with Gasteiger partial charge in [0.05, 0.1) is 5.41 Å². The molecule has 3 nitrogen and oxygen atoms in total. The van der Waals surface area contributed by atoms with Gasteiger partial charge >= 0.3 is 0 Å². The van der Waals surface area contributed by atoms with Gasteiger partial charge in [0.25, 0.3) is 0 Å². The number of H-pyrrole nitrogens is 1. The Morgan fingerprint density at radius 2 is 1.79 bits per heavy atom. The quantitative estimate of drug-likeness (QED) is 0.729. The summed E-state index contributed by atoms with van der Waals surface area (Å²) in [6.07, 6.45) is 1.65. The van der Waals surface area contributed by atoms with E-state index < -0.39 is 28.8 Å². The molecule has 6 heteroatoms. The smallest absolute Gasteiger partial charge is 0.234 e. The second-order valence-electron chi connectivity index (χ2n) is 6.10. The molecule has 1 heterocycles. The molecule has 0 aliphatic heterocycles. The Balaban J connectivity index is 1.94. The van der Waals surface area contributed by atoms with E-state index in [1.54, 1.807) is 26.1 Å². The minimum atomic E-state index is -1.04. The van der Waals surface area contributed by atoms with Gasteiger partial charge in [-0.3, -0.25) is 4.79 Å². The SMILES string of the molecule is CC(C)(C(=O)Nc1ccc(F)c(F)c1)c1c[nH]c2ccc(F)cc12. The molecule has 2 N–H and O–H groups in total. The lowest BCUT2D eigenvalue weighted by Crippen LogP contribution is -2.34. The number of carbonyl (C=O) groups excluding carboxylic acids is 1. The standard InChI is InChI=1S/C18H15F3N2O/c1-18(2,13-9-22-16-6-3-10(19)7-12(13)16)17(24)23-11-4-5-14(20)15(21)8-11/h3-9,22H,1-2H3,(H,23,24). The van der Waals surface area contributed by atoms with Crippen LogP contribution in [-0.4, -0.2) is 10.9 Å². The molecular formula is C18H15F3N2O. The van der Waals surface area contributed by atoms with Crippen molar-refractivity contribution in [2.45, 2.75) is 19.3 Å². The zero-order valence-electron chi connectivity index (χ0n) is 13.1. The van der Waals surface area contributed by atoms with Crippen molar-refractivity contribution in [1.82, 2.24) is 4.98 Å². The van der Waals surface area contributed by atoms with Gasteiger partial charge in [-0.25, -0.2) is 13.2 Å². The average molecular weight is 332 g/mol. The first-order chi connectivity index (χ1) is 11.3. The minimum Gasteiger partial charge on any atom is -0.361 e. The Hall–Kier alpha value is -2.76. The molecule has 24 heavy (non-hydrogen) atoms. The summed E-state index contributed by atoms with van der Waals surface area (Å²) in [6.45, 7) is 3.35. The first-order valence-corrected chi connectivity index (χ1v) is 7.32. The van der Waals surface area contributed by atoms with E-state index in [-0.39, 0.29) is 5.69 Å². The van der Waals surface area contributed by atoms with E-state index in [1.165, 1.54) is 18.2 Å². The van der Waals surface area contributed by atoms with Gasteiger partial charge in [-0.05, 0) is 49.7 Å². The van der Waals surface area contributed by atoms with Crippen LogP contribution in [0.4, 0.5) is 18.9 Å². The van der Waals surface area contributed by atoms with Crippen molar-refractivity contribution in [3.05, 3.63) is 65.6 Å². The molecule has 0 saturated carbocycles. The number of rotatable bonds is 3. The zero-order valence-corrected chi connectivity index (χ0v) is 13.1. The van der Waals surface area contributed by atoms with E-state index in [0.29, 0.717) is 16.5 Å². The average Bonchev–Trinajstić information content (AvgIpc) is 2.94. The molecule has 0 saturated heterocycles. The Morgan fingerprint density at radius 1 is 1.04 bits per heavy atom. The van der Waals surface area contributed by atoms with Gasteiger partial charge in [0.2, 0.25) is 5.91 Å². The summed E-state index contributed by atoms with van der Waals surface area (Å²) in [5.74, 6) is -2.85. The van der Waals surface area contributed by atoms with Crippen molar-refractivity contribution in [3.63, 3.8) is 0 Å². The fraction of sp³-hybridized carbons (Fsp3) is 0.167. The van der Waals surface area contributed by atoms with Gasteiger partial charge in [0.15, 0.2) is 11.6 Å². The summed E-state index contributed by atoms with van der Waals surface area (Å²) in [5, 5.41) is 3.16. The molecule has 0 bridgehead atoms. The van der Waals surface area contributed by atoms with Crippen molar-refractivity contribution >= 4 is 22.5 Å². The summed E-state index contributed by atoms with van der Waals surface area (Å²) in [4.78, 5) is 15.6. The number of aromatic amines is 1. The van der Waals surface area contributed by atoms with E-state index in [9.17, 15) is 18.0 Å². The predicted molar refractivity (Wildman–Crippen MR) is 86.3 cm³/mol. The Labute approximate surface area is 136 Å². The monoisotopic (exact) mass is 332 g/mol. The molecule has 0 aliphatic carbocycles. The highest BCUT2D eigenvalue weighted by Crippen LogP contribution is 2.32. The van der Waals surface area contributed by atoms with Gasteiger partial charge in [-0.15, -0.1) is 0 Å². The molecule has 3 rings (SSSR count). The minimum absolute atomic E-state index is 0.151. The van der Waals surface area contributed by atoms with Crippen LogP contribution in [0.15, 0.2) is 42.6 Å². The topological polar surface area (TPSA) is 44.9 Å². The number of anilines is 1. The van der Waals surface area contributed by atoms with Gasteiger partial charge in [-0.2, -0.15) is 0 Å². The highest BCUT2D eigenvalue weighted by molar-refractivity contribution is 6.01. The van der Waals surface area contributed by atoms with Crippen LogP contribution in [0.2, 0.25) is 0 Å². The molecule has 0 radical (unpaired) electrons. The van der Waals surface area contributed by atoms with E-state index >= 15 is 0 Å². The molecular weight excluding hydrogens is 317 g/mol. The maximum Gasteiger partial charge on any atom is 0.234 e. The lowest BCUT2D eigenvalue weighted by molar-refractivity contribution is -0.120. The fourth-order valence-corrected chi connectivity index (χ4v) is 2.59. The number of hydrogen-bond donors (Lipinski definition) is 2. The van der Waals surface area contributed by atoms with Gasteiger partial charge in [0, 0.05) is 28.9 Å². The maximum atomic E-state index is 13.5. The number of hydrogen-bond acceptors (Lipinski definition) is 1. The third-order valence-electron chi connectivity index (χ3n) is 4.06. The highest BCUT2D eigenvalue weighted by atomic mass is 19.2. The maximum absolute atomic E-state index is 13.5. The molecule has 0 unspecified atom stereocenters. The van der Waals surface area contributed by atoms with Crippen LogP contribution in [-0.2, 0) is 10.2 Å². The van der Waals surface area contributed by atoms with Crippen molar-refractivity contribution in [2.75, 3.05) is 5.32 Å². The van der Waals surface area contributed by atoms with E-state index in [4.69, 9.17) is 0 Å². The molecule has 3 aromatic rings. The second kappa shape index (κ2) is 5.70. The normalized spacial score (nSPS) is 11.7. The molecule has 1 amide bonds. The molecule has 1 aromatic heterocycles. The van der Waals surface area contributed by atoms with Gasteiger partial charge in [0.1, 0.15) is 5.82 Å². The van der Waals surface area contributed by atoms with Crippen LogP contribution >= 0.6 is 0 Å². The summed E-state index contributed by atoms with van der Waals surface area (Å²) in [6, 6.07) is 7.42. The van der Waals surface area contributed by atoms with Gasteiger partial charge in [-0.1, -0.05) is 0 Å². The van der Waals surface area contributed by atoms with E-state index in [0.717, 1.165) is 12.1 Å². The Kier molecular flexibility index (Phi) is 3.83. The number of benzene rings is 2. The third kappa shape index (κ3) is 2.75. The van der Waals surface area contributed by atoms with Crippen LogP contribution in [0.5, 0.6) is 0 Å². The second-order valence-corrected chi connectivity index (χ2v) is 6.10. The predicted octanol–water partition coefficient (Wildman–Crippen LogP) is 4.50. The van der Waals surface area contributed by atoms with Crippen molar-refractivity contribution in [1.29, 1.82) is 0 Å². The first kappa shape index (κ1) is 16.1. The van der Waals surface area contributed by atoms with Gasteiger partial charge < -0.3 is 10.3 Å². The molecule has 0 spiro atoms. The van der Waals surface area contributed by atoms with Crippen molar-refractivity contribution in [3.8, 4) is 0 Å². The molecule has 2 aromatic carbocycles. The molecule has 124 valence electrons. The summed E-state index contributed by atoms with van der Waals surface area (Å²) in [5.41, 5.74) is 0.451. The molecule has 0 fully saturated rings. The van der Waals surface area contributed by atoms with Crippen LogP contribution in [0.3, 0.4) is 0 Å². The van der Waals surface area contributed by atoms with Crippen LogP contribution in [0, 0.1) is 17.5 Å². The lowest BCUT2D eigenvalue weighted by Gasteiger charge is -2.23. The van der Waals surface area contributed by atoms with Crippen LogP contribution in [0.1, 0.15) is 19.4 Å². The van der Waals surface area contributed by atoms with Crippen molar-refractivity contribution in [2.24, 2.45) is 0 Å². The van der Waals surface area contributed by atoms with E-state index in [2.05, 4.69) is 10.3 Å². The van der Waals surface area contributed by atoms with Crippen LogP contribution < -0.4 is 5.32 Å². The van der Waals surface area contributed by atoms with Crippen LogP contribution in [0.25, 0.3) is 10.9 Å². The summed E-state index contributed by atoms with van der Waals surface area (Å²) < 4.78 is 39.8. The molecule has 0 atom stereocenters. The number of carbonyl (C=O) groups is 1. The number of nitrogens with one attached hydrogen (secondary N) is 2. The Bertz CT molecular complexity index is 931. The Morgan fingerprint density at radius 3 is 2.50 bits per heavy atom. The third-order valence-corrected chi connectivity index (χ3v) is 4.06. The lowest BCUT2D eigenvalue weighted by atomic mass is 9.83. The largest absolute Gasteiger partial charge is 0.361 e.